The Morgan fingerprint density at radius 1 is 1.23 bits per heavy atom. The number of nitrogens with zero attached hydrogens (tertiary/aromatic N) is 1. The lowest BCUT2D eigenvalue weighted by Gasteiger charge is -2.11. The first-order valence-corrected chi connectivity index (χ1v) is 11.4. The molecule has 0 fully saturated rings. The number of fused-ring (bicyclic) bond motifs is 1. The van der Waals surface area contributed by atoms with Gasteiger partial charge in [-0.2, -0.15) is 0 Å². The van der Waals surface area contributed by atoms with E-state index in [0.29, 0.717) is 27.7 Å². The van der Waals surface area contributed by atoms with E-state index in [9.17, 15) is 22.7 Å². The molecule has 8 heteroatoms. The summed E-state index contributed by atoms with van der Waals surface area (Å²) < 4.78 is 41.4. The van der Waals surface area contributed by atoms with Gasteiger partial charge in [0, 0.05) is 28.7 Å². The second-order valence-corrected chi connectivity index (χ2v) is 10.1. The smallest absolute Gasteiger partial charge is 0.335 e. The number of carbonyl (C=O) groups is 1. The Bertz CT molecular complexity index is 1290. The normalized spacial score (nSPS) is 12.6. The molecule has 0 saturated carbocycles. The summed E-state index contributed by atoms with van der Waals surface area (Å²) in [7, 11) is -3.50. The molecule has 2 aromatic carbocycles. The van der Waals surface area contributed by atoms with Crippen LogP contribution in [0.25, 0.3) is 22.0 Å². The zero-order chi connectivity index (χ0) is 22.9. The number of aromatic carboxylic acids is 1. The second-order valence-electron chi connectivity index (χ2n) is 7.59. The molecule has 0 atom stereocenters. The van der Waals surface area contributed by atoms with Gasteiger partial charge in [0.2, 0.25) is 0 Å². The molecule has 0 unspecified atom stereocenters. The third kappa shape index (κ3) is 4.26. The van der Waals surface area contributed by atoms with E-state index in [1.54, 1.807) is 55.7 Å². The molecule has 31 heavy (non-hydrogen) atoms. The highest BCUT2D eigenvalue weighted by Gasteiger charge is 2.22. The summed E-state index contributed by atoms with van der Waals surface area (Å²) in [5.41, 5.74) is 8.14. The Balaban J connectivity index is 2.32. The first-order valence-electron chi connectivity index (χ1n) is 9.83. The minimum absolute atomic E-state index is 0.0596. The van der Waals surface area contributed by atoms with E-state index in [4.69, 9.17) is 5.73 Å². The van der Waals surface area contributed by atoms with Gasteiger partial charge in [0.1, 0.15) is 5.83 Å². The van der Waals surface area contributed by atoms with Crippen molar-refractivity contribution in [3.8, 4) is 11.1 Å². The van der Waals surface area contributed by atoms with Crippen LogP contribution in [-0.2, 0) is 16.4 Å². The molecule has 0 saturated heterocycles. The third-order valence-electron chi connectivity index (χ3n) is 5.29. The van der Waals surface area contributed by atoms with E-state index >= 15 is 0 Å². The fourth-order valence-electron chi connectivity index (χ4n) is 3.63. The SMILES string of the molecule is Cc1c(-c2cccc(S(=O)(=O)C(C)C)c2)c2cc(C(=O)O)ccc2n1C/C(F)=C/CN. The van der Waals surface area contributed by atoms with Gasteiger partial charge in [-0.25, -0.2) is 17.6 Å². The molecule has 0 aliphatic heterocycles. The van der Waals surface area contributed by atoms with E-state index in [1.807, 2.05) is 0 Å². The molecular formula is C23H25FN2O4S. The Labute approximate surface area is 180 Å². The van der Waals surface area contributed by atoms with Crippen molar-refractivity contribution in [3.63, 3.8) is 0 Å². The molecule has 3 N–H and O–H groups in total. The minimum atomic E-state index is -3.50. The van der Waals surface area contributed by atoms with Crippen molar-refractivity contribution in [2.45, 2.75) is 37.5 Å². The summed E-state index contributed by atoms with van der Waals surface area (Å²) in [5.74, 6) is -1.49. The van der Waals surface area contributed by atoms with E-state index < -0.39 is 26.9 Å². The van der Waals surface area contributed by atoms with Gasteiger partial charge in [-0.15, -0.1) is 0 Å². The van der Waals surface area contributed by atoms with Crippen molar-refractivity contribution in [3.05, 3.63) is 65.6 Å². The molecule has 0 aliphatic carbocycles. The van der Waals surface area contributed by atoms with Crippen LogP contribution in [0.15, 0.2) is 59.3 Å². The van der Waals surface area contributed by atoms with Crippen LogP contribution in [0.1, 0.15) is 29.9 Å². The van der Waals surface area contributed by atoms with Crippen LogP contribution in [0, 0.1) is 6.92 Å². The maximum atomic E-state index is 14.3. The van der Waals surface area contributed by atoms with Gasteiger partial charge in [0.25, 0.3) is 0 Å². The van der Waals surface area contributed by atoms with Crippen molar-refractivity contribution in [1.82, 2.24) is 4.57 Å². The molecule has 1 heterocycles. The summed E-state index contributed by atoms with van der Waals surface area (Å²) >= 11 is 0. The average molecular weight is 445 g/mol. The van der Waals surface area contributed by atoms with Crippen molar-refractivity contribution in [1.29, 1.82) is 0 Å². The molecule has 1 aromatic heterocycles. The standard InChI is InChI=1S/C23H25FN2O4S/c1-14(2)31(29,30)19-6-4-5-16(11-19)22-15(3)26(13-18(24)9-10-25)21-8-7-17(23(27)28)12-20(21)22/h4-9,11-12,14H,10,13,25H2,1-3H3,(H,27,28)/b18-9-. The summed E-state index contributed by atoms with van der Waals surface area (Å²) in [4.78, 5) is 11.7. The van der Waals surface area contributed by atoms with Crippen LogP contribution in [0.4, 0.5) is 4.39 Å². The van der Waals surface area contributed by atoms with E-state index in [2.05, 4.69) is 0 Å². The van der Waals surface area contributed by atoms with E-state index in [1.165, 1.54) is 18.2 Å². The molecule has 6 nitrogen and oxygen atoms in total. The maximum absolute atomic E-state index is 14.3. The molecule has 0 bridgehead atoms. The van der Waals surface area contributed by atoms with Crippen molar-refractivity contribution in [2.75, 3.05) is 6.54 Å². The van der Waals surface area contributed by atoms with Gasteiger partial charge in [-0.1, -0.05) is 12.1 Å². The van der Waals surface area contributed by atoms with Crippen molar-refractivity contribution >= 4 is 26.7 Å². The molecule has 0 aliphatic rings. The Hall–Kier alpha value is -2.97. The first kappa shape index (κ1) is 22.7. The number of sulfone groups is 1. The average Bonchev–Trinajstić information content (AvgIpc) is 2.99. The van der Waals surface area contributed by atoms with Gasteiger partial charge < -0.3 is 15.4 Å². The fourth-order valence-corrected chi connectivity index (χ4v) is 4.73. The van der Waals surface area contributed by atoms with Crippen LogP contribution in [0.2, 0.25) is 0 Å². The van der Waals surface area contributed by atoms with Crippen LogP contribution < -0.4 is 5.73 Å². The number of halogens is 1. The summed E-state index contributed by atoms with van der Waals surface area (Å²) in [5, 5.41) is 9.46. The lowest BCUT2D eigenvalue weighted by atomic mass is 10.0. The van der Waals surface area contributed by atoms with Crippen molar-refractivity contribution in [2.24, 2.45) is 5.73 Å². The van der Waals surface area contributed by atoms with E-state index in [0.717, 1.165) is 0 Å². The van der Waals surface area contributed by atoms with Crippen molar-refractivity contribution < 1.29 is 22.7 Å². The molecular weight excluding hydrogens is 419 g/mol. The first-order chi connectivity index (χ1) is 14.6. The zero-order valence-electron chi connectivity index (χ0n) is 17.6. The predicted octanol–water partition coefficient (Wildman–Crippen LogP) is 4.31. The van der Waals surface area contributed by atoms with Crippen LogP contribution >= 0.6 is 0 Å². The maximum Gasteiger partial charge on any atom is 0.335 e. The number of aromatic nitrogens is 1. The number of hydrogen-bond donors (Lipinski definition) is 2. The van der Waals surface area contributed by atoms with Gasteiger partial charge >= 0.3 is 5.97 Å². The van der Waals surface area contributed by atoms with E-state index in [-0.39, 0.29) is 23.5 Å². The topological polar surface area (TPSA) is 102 Å². The minimum Gasteiger partial charge on any atom is -0.478 e. The number of carboxylic acids is 1. The molecule has 0 amide bonds. The monoisotopic (exact) mass is 444 g/mol. The number of nitrogens with two attached hydrogens (primary N) is 1. The number of hydrogen-bond acceptors (Lipinski definition) is 4. The Morgan fingerprint density at radius 3 is 2.55 bits per heavy atom. The summed E-state index contributed by atoms with van der Waals surface area (Å²) in [6.07, 6.45) is 1.28. The molecule has 3 aromatic rings. The number of benzene rings is 2. The second kappa shape index (κ2) is 8.64. The zero-order valence-corrected chi connectivity index (χ0v) is 18.4. The molecule has 0 radical (unpaired) electrons. The highest BCUT2D eigenvalue weighted by Crippen LogP contribution is 2.37. The van der Waals surface area contributed by atoms with Gasteiger partial charge in [-0.3, -0.25) is 0 Å². The number of carboxylic acid groups (broad SMARTS) is 1. The quantitative estimate of drug-likeness (QED) is 0.565. The van der Waals surface area contributed by atoms with Crippen LogP contribution in [0.3, 0.4) is 0 Å². The predicted molar refractivity (Wildman–Crippen MR) is 120 cm³/mol. The fraction of sp³-hybridized carbons (Fsp3) is 0.261. The third-order valence-corrected chi connectivity index (χ3v) is 7.44. The lowest BCUT2D eigenvalue weighted by molar-refractivity contribution is 0.0697. The van der Waals surface area contributed by atoms with Gasteiger partial charge in [0.15, 0.2) is 9.84 Å². The molecule has 3 rings (SSSR count). The Morgan fingerprint density at radius 2 is 1.94 bits per heavy atom. The summed E-state index contributed by atoms with van der Waals surface area (Å²) in [6.45, 7) is 5.04. The highest BCUT2D eigenvalue weighted by molar-refractivity contribution is 7.92. The number of allylic oxidation sites excluding steroid dienone is 1. The Kier molecular flexibility index (Phi) is 6.33. The van der Waals surface area contributed by atoms with Crippen LogP contribution in [0.5, 0.6) is 0 Å². The largest absolute Gasteiger partial charge is 0.478 e. The lowest BCUT2D eigenvalue weighted by Crippen LogP contribution is -2.13. The molecule has 0 spiro atoms. The van der Waals surface area contributed by atoms with Crippen LogP contribution in [-0.4, -0.2) is 35.9 Å². The summed E-state index contributed by atoms with van der Waals surface area (Å²) in [6, 6.07) is 11.2. The molecule has 164 valence electrons. The number of rotatable bonds is 7. The highest BCUT2D eigenvalue weighted by atomic mass is 32.2. The van der Waals surface area contributed by atoms with Gasteiger partial charge in [-0.05, 0) is 62.7 Å². The van der Waals surface area contributed by atoms with Gasteiger partial charge in [0.05, 0.1) is 22.3 Å².